The standard InChI is InChI=1S/C13H15N5O2/c1-3-5-15-13-12(18(19)20)11(16-8-17-13)10-7-14-6-4-9(10)2/h4,6-8H,3,5H2,1-2H3,(H,15,16,17). The van der Waals surface area contributed by atoms with Crippen LogP contribution in [0.15, 0.2) is 24.8 Å². The lowest BCUT2D eigenvalue weighted by Crippen LogP contribution is -2.07. The lowest BCUT2D eigenvalue weighted by atomic mass is 10.1. The first-order valence-corrected chi connectivity index (χ1v) is 6.29. The molecule has 0 saturated heterocycles. The molecule has 0 saturated carbocycles. The molecule has 0 aliphatic carbocycles. The summed E-state index contributed by atoms with van der Waals surface area (Å²) in [5, 5.41) is 14.3. The van der Waals surface area contributed by atoms with E-state index in [1.165, 1.54) is 6.33 Å². The number of anilines is 1. The number of aryl methyl sites for hydroxylation is 1. The summed E-state index contributed by atoms with van der Waals surface area (Å²) >= 11 is 0. The Balaban J connectivity index is 2.58. The highest BCUT2D eigenvalue weighted by Gasteiger charge is 2.24. The molecule has 0 aliphatic heterocycles. The van der Waals surface area contributed by atoms with Gasteiger partial charge in [-0.3, -0.25) is 15.1 Å². The molecule has 0 aliphatic rings. The number of nitrogens with zero attached hydrogens (tertiary/aromatic N) is 4. The molecule has 2 heterocycles. The van der Waals surface area contributed by atoms with Gasteiger partial charge in [0, 0.05) is 24.5 Å². The second-order valence-corrected chi connectivity index (χ2v) is 4.29. The Hall–Kier alpha value is -2.57. The van der Waals surface area contributed by atoms with Crippen LogP contribution in [-0.2, 0) is 0 Å². The van der Waals surface area contributed by atoms with Gasteiger partial charge in [0.05, 0.1) is 4.92 Å². The Morgan fingerprint density at radius 1 is 1.40 bits per heavy atom. The van der Waals surface area contributed by atoms with E-state index in [9.17, 15) is 10.1 Å². The minimum Gasteiger partial charge on any atom is -0.364 e. The number of hydrogen-bond donors (Lipinski definition) is 1. The van der Waals surface area contributed by atoms with Crippen LogP contribution in [0.2, 0.25) is 0 Å². The maximum absolute atomic E-state index is 11.4. The van der Waals surface area contributed by atoms with E-state index in [1.807, 2.05) is 13.8 Å². The van der Waals surface area contributed by atoms with Gasteiger partial charge < -0.3 is 5.32 Å². The molecule has 7 nitrogen and oxygen atoms in total. The van der Waals surface area contributed by atoms with Crippen LogP contribution < -0.4 is 5.32 Å². The molecule has 0 bridgehead atoms. The summed E-state index contributed by atoms with van der Waals surface area (Å²) in [6.45, 7) is 4.46. The van der Waals surface area contributed by atoms with Crippen LogP contribution in [-0.4, -0.2) is 26.4 Å². The second-order valence-electron chi connectivity index (χ2n) is 4.29. The Morgan fingerprint density at radius 3 is 2.85 bits per heavy atom. The topological polar surface area (TPSA) is 93.8 Å². The summed E-state index contributed by atoms with van der Waals surface area (Å²) in [6.07, 6.45) is 5.39. The Morgan fingerprint density at radius 2 is 2.20 bits per heavy atom. The first kappa shape index (κ1) is 13.9. The highest BCUT2D eigenvalue weighted by molar-refractivity contribution is 5.77. The molecule has 0 radical (unpaired) electrons. The Bertz CT molecular complexity index is 630. The van der Waals surface area contributed by atoms with Gasteiger partial charge in [0.2, 0.25) is 5.82 Å². The minimum atomic E-state index is -0.459. The fourth-order valence-electron chi connectivity index (χ4n) is 1.83. The highest BCUT2D eigenvalue weighted by Crippen LogP contribution is 2.33. The zero-order valence-electron chi connectivity index (χ0n) is 11.3. The van der Waals surface area contributed by atoms with Crippen molar-refractivity contribution in [1.82, 2.24) is 15.0 Å². The van der Waals surface area contributed by atoms with E-state index in [2.05, 4.69) is 20.3 Å². The lowest BCUT2D eigenvalue weighted by Gasteiger charge is -2.09. The third-order valence-electron chi connectivity index (χ3n) is 2.84. The molecule has 2 aromatic rings. The average molecular weight is 273 g/mol. The minimum absolute atomic E-state index is 0.114. The average Bonchev–Trinajstić information content (AvgIpc) is 2.45. The monoisotopic (exact) mass is 273 g/mol. The van der Waals surface area contributed by atoms with E-state index in [4.69, 9.17) is 0 Å². The summed E-state index contributed by atoms with van der Waals surface area (Å²) in [7, 11) is 0. The molecule has 0 amide bonds. The zero-order valence-corrected chi connectivity index (χ0v) is 11.3. The SMILES string of the molecule is CCCNc1ncnc(-c2cnccc2C)c1[N+](=O)[O-]. The van der Waals surface area contributed by atoms with Crippen LogP contribution in [0, 0.1) is 17.0 Å². The van der Waals surface area contributed by atoms with Crippen molar-refractivity contribution in [2.45, 2.75) is 20.3 Å². The highest BCUT2D eigenvalue weighted by atomic mass is 16.6. The maximum atomic E-state index is 11.4. The van der Waals surface area contributed by atoms with E-state index < -0.39 is 4.92 Å². The van der Waals surface area contributed by atoms with Crippen molar-refractivity contribution in [2.75, 3.05) is 11.9 Å². The van der Waals surface area contributed by atoms with Crippen molar-refractivity contribution >= 4 is 11.5 Å². The first-order valence-electron chi connectivity index (χ1n) is 6.29. The molecular weight excluding hydrogens is 258 g/mol. The quantitative estimate of drug-likeness (QED) is 0.664. The van der Waals surface area contributed by atoms with Gasteiger partial charge in [-0.05, 0) is 25.0 Å². The molecule has 0 spiro atoms. The largest absolute Gasteiger partial charge is 0.364 e. The molecule has 0 aromatic carbocycles. The van der Waals surface area contributed by atoms with Crippen molar-refractivity contribution < 1.29 is 4.92 Å². The normalized spacial score (nSPS) is 10.3. The van der Waals surface area contributed by atoms with Gasteiger partial charge in [-0.1, -0.05) is 6.92 Å². The van der Waals surface area contributed by atoms with E-state index >= 15 is 0 Å². The molecule has 2 rings (SSSR count). The first-order chi connectivity index (χ1) is 9.65. The van der Waals surface area contributed by atoms with E-state index in [1.54, 1.807) is 18.5 Å². The summed E-state index contributed by atoms with van der Waals surface area (Å²) in [4.78, 5) is 22.9. The molecular formula is C13H15N5O2. The van der Waals surface area contributed by atoms with Crippen LogP contribution in [0.3, 0.4) is 0 Å². The van der Waals surface area contributed by atoms with E-state index in [0.29, 0.717) is 12.1 Å². The van der Waals surface area contributed by atoms with Crippen molar-refractivity contribution in [3.05, 3.63) is 40.5 Å². The van der Waals surface area contributed by atoms with Gasteiger partial charge in [-0.25, -0.2) is 9.97 Å². The fraction of sp³-hybridized carbons (Fsp3) is 0.308. The van der Waals surface area contributed by atoms with Crippen LogP contribution >= 0.6 is 0 Å². The zero-order chi connectivity index (χ0) is 14.5. The molecule has 7 heteroatoms. The number of hydrogen-bond acceptors (Lipinski definition) is 6. The Labute approximate surface area is 116 Å². The fourth-order valence-corrected chi connectivity index (χ4v) is 1.83. The molecule has 0 unspecified atom stereocenters. The predicted octanol–water partition coefficient (Wildman–Crippen LogP) is 2.58. The second kappa shape index (κ2) is 6.05. The molecule has 2 aromatic heterocycles. The molecule has 0 fully saturated rings. The van der Waals surface area contributed by atoms with Gasteiger partial charge in [-0.2, -0.15) is 0 Å². The lowest BCUT2D eigenvalue weighted by molar-refractivity contribution is -0.383. The summed E-state index contributed by atoms with van der Waals surface area (Å²) in [6, 6.07) is 1.79. The van der Waals surface area contributed by atoms with Gasteiger partial charge in [0.1, 0.15) is 6.33 Å². The number of pyridine rings is 1. The van der Waals surface area contributed by atoms with Crippen LogP contribution in [0.5, 0.6) is 0 Å². The third-order valence-corrected chi connectivity index (χ3v) is 2.84. The third kappa shape index (κ3) is 2.71. The maximum Gasteiger partial charge on any atom is 0.337 e. The summed E-state index contributed by atoms with van der Waals surface area (Å²) < 4.78 is 0. The van der Waals surface area contributed by atoms with Crippen LogP contribution in [0.25, 0.3) is 11.3 Å². The van der Waals surface area contributed by atoms with Gasteiger partial charge in [0.15, 0.2) is 5.69 Å². The number of nitrogens with one attached hydrogen (secondary N) is 1. The summed E-state index contributed by atoms with van der Waals surface area (Å²) in [5.41, 5.74) is 1.69. The van der Waals surface area contributed by atoms with E-state index in [0.717, 1.165) is 12.0 Å². The van der Waals surface area contributed by atoms with Crippen LogP contribution in [0.1, 0.15) is 18.9 Å². The van der Waals surface area contributed by atoms with Crippen molar-refractivity contribution in [3.63, 3.8) is 0 Å². The van der Waals surface area contributed by atoms with Gasteiger partial charge in [0.25, 0.3) is 0 Å². The molecule has 20 heavy (non-hydrogen) atoms. The van der Waals surface area contributed by atoms with Crippen LogP contribution in [0.4, 0.5) is 11.5 Å². The Kier molecular flexibility index (Phi) is 4.19. The van der Waals surface area contributed by atoms with Gasteiger partial charge >= 0.3 is 5.69 Å². The van der Waals surface area contributed by atoms with Gasteiger partial charge in [-0.15, -0.1) is 0 Å². The summed E-state index contributed by atoms with van der Waals surface area (Å²) in [5.74, 6) is 0.241. The van der Waals surface area contributed by atoms with Crippen molar-refractivity contribution in [2.24, 2.45) is 0 Å². The molecule has 0 atom stereocenters. The molecule has 104 valence electrons. The van der Waals surface area contributed by atoms with Crippen molar-refractivity contribution in [1.29, 1.82) is 0 Å². The molecule has 1 N–H and O–H groups in total. The smallest absolute Gasteiger partial charge is 0.337 e. The number of rotatable bonds is 5. The van der Waals surface area contributed by atoms with Crippen molar-refractivity contribution in [3.8, 4) is 11.3 Å². The predicted molar refractivity (Wildman–Crippen MR) is 75.4 cm³/mol. The van der Waals surface area contributed by atoms with E-state index in [-0.39, 0.29) is 17.2 Å². The number of nitro groups is 1. The number of aromatic nitrogens is 3.